The van der Waals surface area contributed by atoms with Gasteiger partial charge in [0.15, 0.2) is 0 Å². The van der Waals surface area contributed by atoms with Crippen LogP contribution in [0.5, 0.6) is 0 Å². The Kier molecular flexibility index (Phi) is 5.18. The van der Waals surface area contributed by atoms with E-state index in [1.807, 2.05) is 71.0 Å². The maximum Gasteiger partial charge on any atom is 0.494 e. The largest absolute Gasteiger partial charge is 0.494 e. The molecule has 23 heavy (non-hydrogen) atoms. The summed E-state index contributed by atoms with van der Waals surface area (Å²) in [6.45, 7) is 8.87. The molecule has 1 aliphatic heterocycles. The molecule has 0 atom stereocenters. The summed E-state index contributed by atoms with van der Waals surface area (Å²) >= 11 is 0. The molecule has 0 unspecified atom stereocenters. The first-order valence-corrected chi connectivity index (χ1v) is 8.01. The number of benzene rings is 1. The van der Waals surface area contributed by atoms with Crippen molar-refractivity contribution in [2.45, 2.75) is 45.3 Å². The van der Waals surface area contributed by atoms with Crippen molar-refractivity contribution < 1.29 is 14.1 Å². The Hall–Kier alpha value is -1.37. The summed E-state index contributed by atoms with van der Waals surface area (Å²) in [5, 5.41) is 2.90. The van der Waals surface area contributed by atoms with E-state index in [1.54, 1.807) is 0 Å². The summed E-state index contributed by atoms with van der Waals surface area (Å²) in [6.07, 6.45) is 0.478. The number of rotatable bonds is 5. The molecule has 1 saturated heterocycles. The number of nitrogens with one attached hydrogen (secondary N) is 1. The van der Waals surface area contributed by atoms with Crippen molar-refractivity contribution in [3.05, 3.63) is 24.3 Å². The fourth-order valence-electron chi connectivity index (χ4n) is 2.25. The van der Waals surface area contributed by atoms with Crippen LogP contribution in [0.25, 0.3) is 0 Å². The van der Waals surface area contributed by atoms with Gasteiger partial charge >= 0.3 is 7.12 Å². The highest BCUT2D eigenvalue weighted by Gasteiger charge is 2.51. The molecule has 5 nitrogen and oxygen atoms in total. The van der Waals surface area contributed by atoms with Crippen LogP contribution in [0.1, 0.15) is 34.1 Å². The highest BCUT2D eigenvalue weighted by atomic mass is 16.7. The molecule has 126 valence electrons. The second-order valence-corrected chi connectivity index (χ2v) is 7.31. The van der Waals surface area contributed by atoms with Gasteiger partial charge in [0, 0.05) is 18.7 Å². The molecule has 0 aliphatic carbocycles. The van der Waals surface area contributed by atoms with Crippen molar-refractivity contribution in [2.24, 2.45) is 0 Å². The summed E-state index contributed by atoms with van der Waals surface area (Å²) in [4.78, 5) is 13.8. The summed E-state index contributed by atoms with van der Waals surface area (Å²) in [5.41, 5.74) is 1.04. The quantitative estimate of drug-likeness (QED) is 0.842. The molecule has 2 rings (SSSR count). The van der Waals surface area contributed by atoms with E-state index in [1.165, 1.54) is 0 Å². The van der Waals surface area contributed by atoms with Crippen molar-refractivity contribution in [1.29, 1.82) is 0 Å². The molecule has 0 spiro atoms. The van der Waals surface area contributed by atoms with Gasteiger partial charge in [-0.25, -0.2) is 0 Å². The third-order valence-corrected chi connectivity index (χ3v) is 4.51. The highest BCUT2D eigenvalue weighted by molar-refractivity contribution is 6.62. The fourth-order valence-corrected chi connectivity index (χ4v) is 2.25. The number of nitrogens with zero attached hydrogens (tertiary/aromatic N) is 1. The minimum atomic E-state index is -0.376. The van der Waals surface area contributed by atoms with Crippen LogP contribution < -0.4 is 10.8 Å². The highest BCUT2D eigenvalue weighted by Crippen LogP contribution is 2.36. The monoisotopic (exact) mass is 318 g/mol. The van der Waals surface area contributed by atoms with Gasteiger partial charge in [0.1, 0.15) is 0 Å². The Morgan fingerprint density at radius 2 is 1.61 bits per heavy atom. The normalized spacial score (nSPS) is 19.2. The van der Waals surface area contributed by atoms with Gasteiger partial charge in [-0.05, 0) is 59.4 Å². The zero-order valence-corrected chi connectivity index (χ0v) is 15.0. The SMILES string of the molecule is CN(C)CCC(=O)Nc1ccc(B2OC(C)(C)C(C)(C)O2)cc1. The van der Waals surface area contributed by atoms with Crippen LogP contribution in [-0.4, -0.2) is 49.8 Å². The second kappa shape index (κ2) is 6.63. The smallest absolute Gasteiger partial charge is 0.399 e. The Balaban J connectivity index is 1.97. The molecule has 1 amide bonds. The van der Waals surface area contributed by atoms with Crippen LogP contribution in [-0.2, 0) is 14.1 Å². The fraction of sp³-hybridized carbons (Fsp3) is 0.588. The first kappa shape index (κ1) is 18.0. The molecule has 6 heteroatoms. The molecule has 0 bridgehead atoms. The van der Waals surface area contributed by atoms with Gasteiger partial charge in [0.05, 0.1) is 11.2 Å². The van der Waals surface area contributed by atoms with E-state index in [0.29, 0.717) is 6.42 Å². The van der Waals surface area contributed by atoms with Crippen molar-refractivity contribution in [3.63, 3.8) is 0 Å². The summed E-state index contributed by atoms with van der Waals surface area (Å²) < 4.78 is 12.0. The second-order valence-electron chi connectivity index (χ2n) is 7.31. The Bertz CT molecular complexity index is 539. The predicted molar refractivity (Wildman–Crippen MR) is 94.0 cm³/mol. The van der Waals surface area contributed by atoms with E-state index in [4.69, 9.17) is 9.31 Å². The first-order valence-electron chi connectivity index (χ1n) is 8.01. The lowest BCUT2D eigenvalue weighted by Crippen LogP contribution is -2.41. The van der Waals surface area contributed by atoms with E-state index in [0.717, 1.165) is 17.7 Å². The average Bonchev–Trinajstić information content (AvgIpc) is 2.66. The van der Waals surface area contributed by atoms with Gasteiger partial charge < -0.3 is 19.5 Å². The number of carbonyl (C=O) groups is 1. The van der Waals surface area contributed by atoms with Gasteiger partial charge in [0.25, 0.3) is 0 Å². The Morgan fingerprint density at radius 3 is 2.09 bits per heavy atom. The van der Waals surface area contributed by atoms with Crippen LogP contribution >= 0.6 is 0 Å². The molecule has 1 aromatic carbocycles. The number of amides is 1. The lowest BCUT2D eigenvalue weighted by molar-refractivity contribution is -0.116. The molecular formula is C17H27BN2O3. The van der Waals surface area contributed by atoms with Crippen molar-refractivity contribution in [2.75, 3.05) is 26.0 Å². The topological polar surface area (TPSA) is 50.8 Å². The number of anilines is 1. The lowest BCUT2D eigenvalue weighted by atomic mass is 9.79. The molecule has 0 radical (unpaired) electrons. The van der Waals surface area contributed by atoms with Crippen LogP contribution in [0.15, 0.2) is 24.3 Å². The molecule has 1 aromatic rings. The molecule has 0 aromatic heterocycles. The summed E-state index contributed by atoms with van der Waals surface area (Å²) in [7, 11) is 3.53. The number of carbonyl (C=O) groups excluding carboxylic acids is 1. The number of hydrogen-bond acceptors (Lipinski definition) is 4. The molecule has 1 heterocycles. The van der Waals surface area contributed by atoms with E-state index in [-0.39, 0.29) is 24.2 Å². The van der Waals surface area contributed by atoms with E-state index >= 15 is 0 Å². The first-order chi connectivity index (χ1) is 10.6. The van der Waals surface area contributed by atoms with Gasteiger partial charge in [-0.3, -0.25) is 4.79 Å². The van der Waals surface area contributed by atoms with Crippen molar-refractivity contribution >= 4 is 24.2 Å². The third-order valence-electron chi connectivity index (χ3n) is 4.51. The maximum atomic E-state index is 11.8. The van der Waals surface area contributed by atoms with Crippen LogP contribution in [0.3, 0.4) is 0 Å². The van der Waals surface area contributed by atoms with Crippen LogP contribution in [0.4, 0.5) is 5.69 Å². The Morgan fingerprint density at radius 1 is 1.09 bits per heavy atom. The predicted octanol–water partition coefficient (Wildman–Crippen LogP) is 1.88. The zero-order chi connectivity index (χ0) is 17.3. The van der Waals surface area contributed by atoms with Crippen molar-refractivity contribution in [3.8, 4) is 0 Å². The lowest BCUT2D eigenvalue weighted by Gasteiger charge is -2.32. The van der Waals surface area contributed by atoms with Crippen molar-refractivity contribution in [1.82, 2.24) is 4.90 Å². The third kappa shape index (κ3) is 4.34. The molecule has 1 fully saturated rings. The molecular weight excluding hydrogens is 291 g/mol. The van der Waals surface area contributed by atoms with E-state index in [2.05, 4.69) is 5.32 Å². The molecule has 0 saturated carbocycles. The van der Waals surface area contributed by atoms with E-state index < -0.39 is 0 Å². The minimum Gasteiger partial charge on any atom is -0.399 e. The van der Waals surface area contributed by atoms with E-state index in [9.17, 15) is 4.79 Å². The maximum absolute atomic E-state index is 11.8. The Labute approximate surface area is 139 Å². The zero-order valence-electron chi connectivity index (χ0n) is 15.0. The average molecular weight is 318 g/mol. The molecule has 1 N–H and O–H groups in total. The summed E-state index contributed by atoms with van der Waals surface area (Å²) in [6, 6.07) is 7.63. The van der Waals surface area contributed by atoms with Crippen LogP contribution in [0, 0.1) is 0 Å². The molecule has 1 aliphatic rings. The van der Waals surface area contributed by atoms with Gasteiger partial charge in [-0.2, -0.15) is 0 Å². The number of hydrogen-bond donors (Lipinski definition) is 1. The van der Waals surface area contributed by atoms with Gasteiger partial charge in [0.2, 0.25) is 5.91 Å². The summed E-state index contributed by atoms with van der Waals surface area (Å²) in [5.74, 6) is 0.0158. The minimum absolute atomic E-state index is 0.0158. The standard InChI is InChI=1S/C17H27BN2O3/c1-16(2)17(3,4)23-18(22-16)13-7-9-14(10-8-13)19-15(21)11-12-20(5)6/h7-10H,11-12H2,1-6H3,(H,19,21). The van der Waals surface area contributed by atoms with Crippen LogP contribution in [0.2, 0.25) is 0 Å². The van der Waals surface area contributed by atoms with Gasteiger partial charge in [-0.1, -0.05) is 12.1 Å². The van der Waals surface area contributed by atoms with Gasteiger partial charge in [-0.15, -0.1) is 0 Å².